The Labute approximate surface area is 213 Å². The average molecular weight is 515 g/mol. The van der Waals surface area contributed by atoms with Gasteiger partial charge >= 0.3 is 6.18 Å². The normalized spacial score (nSPS) is 18.8. The summed E-state index contributed by atoms with van der Waals surface area (Å²) >= 11 is 0. The molecule has 37 heavy (non-hydrogen) atoms. The molecule has 11 heteroatoms. The van der Waals surface area contributed by atoms with Gasteiger partial charge in [-0.25, -0.2) is 10.0 Å². The molecule has 1 atom stereocenters. The minimum absolute atomic E-state index is 0.0305. The van der Waals surface area contributed by atoms with Crippen molar-refractivity contribution < 1.29 is 22.7 Å². The molecule has 3 heterocycles. The van der Waals surface area contributed by atoms with Gasteiger partial charge in [0, 0.05) is 62.3 Å². The lowest BCUT2D eigenvalue weighted by atomic mass is 10.0. The molecule has 0 aliphatic carbocycles. The van der Waals surface area contributed by atoms with E-state index < -0.39 is 17.8 Å². The van der Waals surface area contributed by atoms with E-state index in [-0.39, 0.29) is 18.4 Å². The van der Waals surface area contributed by atoms with Crippen LogP contribution in [-0.4, -0.2) is 61.8 Å². The molecule has 0 amide bonds. The van der Waals surface area contributed by atoms with Crippen LogP contribution in [0.2, 0.25) is 0 Å². The first-order valence-corrected chi connectivity index (χ1v) is 12.1. The number of nitrogens with zero attached hydrogens (tertiary/aromatic N) is 5. The third kappa shape index (κ3) is 5.57. The van der Waals surface area contributed by atoms with Gasteiger partial charge in [0.1, 0.15) is 11.3 Å². The molecule has 2 aromatic carbocycles. The van der Waals surface area contributed by atoms with Crippen molar-refractivity contribution >= 4 is 23.1 Å². The number of rotatable bonds is 6. The Balaban J connectivity index is 1.47. The lowest BCUT2D eigenvalue weighted by molar-refractivity contribution is -0.138. The summed E-state index contributed by atoms with van der Waals surface area (Å²) in [5.41, 5.74) is 1.46. The molecule has 1 aromatic heterocycles. The Morgan fingerprint density at radius 2 is 1.81 bits per heavy atom. The molecule has 1 N–H and O–H groups in total. The van der Waals surface area contributed by atoms with Crippen molar-refractivity contribution in [1.29, 1.82) is 0 Å². The number of nitrogens with one attached hydrogen (secondary N) is 1. The van der Waals surface area contributed by atoms with E-state index in [1.165, 1.54) is 5.06 Å². The lowest BCUT2D eigenvalue weighted by Crippen LogP contribution is -2.44. The van der Waals surface area contributed by atoms with Crippen LogP contribution in [0.15, 0.2) is 54.7 Å². The average Bonchev–Trinajstić information content (AvgIpc) is 3.39. The SMILES string of the molecule is COc1cc(Nc2ncc(C(F)(F)F)c(N3OCCC3c3ccccc3)n2)cc(N2CCN(C)CC2)c1. The molecule has 0 bridgehead atoms. The number of ether oxygens (including phenoxy) is 1. The number of likely N-dealkylation sites (N-methyl/N-ethyl adjacent to an activating group) is 1. The van der Waals surface area contributed by atoms with E-state index >= 15 is 0 Å². The van der Waals surface area contributed by atoms with Crippen LogP contribution in [0.3, 0.4) is 0 Å². The first-order valence-electron chi connectivity index (χ1n) is 12.1. The second-order valence-corrected chi connectivity index (χ2v) is 9.14. The number of methoxy groups -OCH3 is 1. The maximum atomic E-state index is 14.0. The Morgan fingerprint density at radius 3 is 2.51 bits per heavy atom. The topological polar surface area (TPSA) is 66.0 Å². The molecule has 0 radical (unpaired) electrons. The molecule has 8 nitrogen and oxygen atoms in total. The Morgan fingerprint density at radius 1 is 1.05 bits per heavy atom. The van der Waals surface area contributed by atoms with Crippen molar-refractivity contribution in [3.63, 3.8) is 0 Å². The quantitative estimate of drug-likeness (QED) is 0.499. The van der Waals surface area contributed by atoms with Gasteiger partial charge in [0.05, 0.1) is 19.8 Å². The highest BCUT2D eigenvalue weighted by molar-refractivity contribution is 5.66. The van der Waals surface area contributed by atoms with Gasteiger partial charge in [-0.1, -0.05) is 30.3 Å². The largest absolute Gasteiger partial charge is 0.497 e. The van der Waals surface area contributed by atoms with Crippen LogP contribution < -0.4 is 20.0 Å². The van der Waals surface area contributed by atoms with E-state index in [4.69, 9.17) is 9.57 Å². The van der Waals surface area contributed by atoms with Crippen molar-refractivity contribution in [1.82, 2.24) is 14.9 Å². The number of alkyl halides is 3. The first-order chi connectivity index (χ1) is 17.8. The zero-order chi connectivity index (χ0) is 26.0. The Bertz CT molecular complexity index is 1220. The van der Waals surface area contributed by atoms with E-state index in [0.29, 0.717) is 17.9 Å². The van der Waals surface area contributed by atoms with Gasteiger partial charge in [-0.2, -0.15) is 18.2 Å². The van der Waals surface area contributed by atoms with Crippen LogP contribution in [0, 0.1) is 0 Å². The maximum absolute atomic E-state index is 14.0. The second-order valence-electron chi connectivity index (χ2n) is 9.14. The number of aromatic nitrogens is 2. The summed E-state index contributed by atoms with van der Waals surface area (Å²) in [7, 11) is 3.66. The Hall–Kier alpha value is -3.57. The number of halogens is 3. The molecule has 3 aromatic rings. The van der Waals surface area contributed by atoms with E-state index in [9.17, 15) is 13.2 Å². The highest BCUT2D eigenvalue weighted by Crippen LogP contribution is 2.42. The van der Waals surface area contributed by atoms with Crippen LogP contribution in [0.5, 0.6) is 5.75 Å². The van der Waals surface area contributed by atoms with Gasteiger partial charge in [-0.15, -0.1) is 0 Å². The lowest BCUT2D eigenvalue weighted by Gasteiger charge is -2.34. The molecule has 1 unspecified atom stereocenters. The monoisotopic (exact) mass is 514 g/mol. The van der Waals surface area contributed by atoms with E-state index in [2.05, 4.69) is 32.1 Å². The first kappa shape index (κ1) is 25.1. The van der Waals surface area contributed by atoms with Gasteiger partial charge in [-0.3, -0.25) is 4.84 Å². The zero-order valence-corrected chi connectivity index (χ0v) is 20.7. The number of anilines is 4. The van der Waals surface area contributed by atoms with Gasteiger partial charge in [-0.05, 0) is 18.7 Å². The summed E-state index contributed by atoms with van der Waals surface area (Å²) in [5, 5.41) is 4.33. The van der Waals surface area contributed by atoms with E-state index in [1.54, 1.807) is 13.2 Å². The Kier molecular flexibility index (Phi) is 7.07. The third-order valence-corrected chi connectivity index (χ3v) is 6.62. The van der Waals surface area contributed by atoms with Crippen molar-refractivity contribution in [2.45, 2.75) is 18.6 Å². The molecule has 2 fully saturated rings. The second kappa shape index (κ2) is 10.4. The smallest absolute Gasteiger partial charge is 0.421 e. The van der Waals surface area contributed by atoms with Crippen molar-refractivity contribution in [3.8, 4) is 5.75 Å². The molecular formula is C26H29F3N6O2. The fourth-order valence-electron chi connectivity index (χ4n) is 4.61. The molecule has 0 saturated carbocycles. The minimum Gasteiger partial charge on any atom is -0.497 e. The van der Waals surface area contributed by atoms with E-state index in [1.807, 2.05) is 42.5 Å². The summed E-state index contributed by atoms with van der Waals surface area (Å²) in [6.45, 7) is 3.87. The number of benzene rings is 2. The number of hydrogen-bond acceptors (Lipinski definition) is 8. The van der Waals surface area contributed by atoms with E-state index in [0.717, 1.165) is 43.6 Å². The predicted molar refractivity (Wildman–Crippen MR) is 135 cm³/mol. The van der Waals surface area contributed by atoms with Crippen molar-refractivity contribution in [2.24, 2.45) is 0 Å². The molecule has 2 aliphatic heterocycles. The molecule has 5 rings (SSSR count). The summed E-state index contributed by atoms with van der Waals surface area (Å²) < 4.78 is 47.4. The summed E-state index contributed by atoms with van der Waals surface area (Å²) in [4.78, 5) is 18.5. The van der Waals surface area contributed by atoms with Crippen molar-refractivity contribution in [2.75, 3.05) is 62.2 Å². The van der Waals surface area contributed by atoms with Crippen molar-refractivity contribution in [3.05, 3.63) is 65.9 Å². The zero-order valence-electron chi connectivity index (χ0n) is 20.7. The molecular weight excluding hydrogens is 485 g/mol. The van der Waals surface area contributed by atoms with Gasteiger partial charge < -0.3 is 19.9 Å². The van der Waals surface area contributed by atoms with Crippen LogP contribution in [0.4, 0.5) is 36.3 Å². The van der Waals surface area contributed by atoms with Gasteiger partial charge in [0.25, 0.3) is 0 Å². The number of piperazine rings is 1. The van der Waals surface area contributed by atoms with Crippen LogP contribution >= 0.6 is 0 Å². The molecule has 0 spiro atoms. The van der Waals surface area contributed by atoms with Crippen LogP contribution in [-0.2, 0) is 11.0 Å². The summed E-state index contributed by atoms with van der Waals surface area (Å²) in [6.07, 6.45) is -3.31. The van der Waals surface area contributed by atoms with Crippen LogP contribution in [0.25, 0.3) is 0 Å². The number of hydrogen-bond donors (Lipinski definition) is 1. The molecule has 2 saturated heterocycles. The molecule has 196 valence electrons. The highest BCUT2D eigenvalue weighted by Gasteiger charge is 2.40. The maximum Gasteiger partial charge on any atom is 0.421 e. The fraction of sp³-hybridized carbons (Fsp3) is 0.385. The van der Waals surface area contributed by atoms with Crippen LogP contribution in [0.1, 0.15) is 23.6 Å². The highest BCUT2D eigenvalue weighted by atomic mass is 19.4. The van der Waals surface area contributed by atoms with Gasteiger partial charge in [0.15, 0.2) is 5.82 Å². The third-order valence-electron chi connectivity index (χ3n) is 6.62. The van der Waals surface area contributed by atoms with Gasteiger partial charge in [0.2, 0.25) is 5.95 Å². The fourth-order valence-corrected chi connectivity index (χ4v) is 4.61. The summed E-state index contributed by atoms with van der Waals surface area (Å²) in [6, 6.07) is 14.5. The standard InChI is InChI=1S/C26H29F3N6O2/c1-33-9-11-34(12-10-33)20-14-19(15-21(16-20)36-2)31-25-30-17-22(26(27,28)29)24(32-25)35-23(8-13-37-35)18-6-4-3-5-7-18/h3-7,14-17,23H,8-13H2,1-2H3,(H,30,31,32). The predicted octanol–water partition coefficient (Wildman–Crippen LogP) is 4.88. The minimum atomic E-state index is -4.65. The summed E-state index contributed by atoms with van der Waals surface area (Å²) in [5.74, 6) is 0.333. The molecule has 2 aliphatic rings. The number of hydroxylamine groups is 1.